The van der Waals surface area contributed by atoms with Gasteiger partial charge in [0.25, 0.3) is 0 Å². The summed E-state index contributed by atoms with van der Waals surface area (Å²) in [5.74, 6) is -0.722. The highest BCUT2D eigenvalue weighted by Crippen LogP contribution is 2.26. The van der Waals surface area contributed by atoms with Crippen molar-refractivity contribution in [1.29, 1.82) is 0 Å². The van der Waals surface area contributed by atoms with Crippen molar-refractivity contribution in [3.63, 3.8) is 0 Å². The lowest BCUT2D eigenvalue weighted by Gasteiger charge is -2.20. The molecule has 3 nitrogen and oxygen atoms in total. The van der Waals surface area contributed by atoms with E-state index in [1.165, 1.54) is 0 Å². The molecule has 0 fully saturated rings. The summed E-state index contributed by atoms with van der Waals surface area (Å²) in [6, 6.07) is -0.319. The van der Waals surface area contributed by atoms with Crippen LogP contribution in [0.15, 0.2) is 23.9 Å². The number of rotatable bonds is 1. The standard InChI is InChI=1S/C8H9NO2/c10-8(11)7-4-3-6-2-1-5-9(6)7/h1-3,7H,4-5H2,(H,10,11). The van der Waals surface area contributed by atoms with Gasteiger partial charge in [-0.15, -0.1) is 0 Å². The van der Waals surface area contributed by atoms with E-state index >= 15 is 0 Å². The van der Waals surface area contributed by atoms with Gasteiger partial charge in [0.1, 0.15) is 6.04 Å². The maximum atomic E-state index is 10.6. The van der Waals surface area contributed by atoms with Crippen molar-refractivity contribution < 1.29 is 9.90 Å². The molecule has 2 heterocycles. The van der Waals surface area contributed by atoms with Crippen LogP contribution in [0.2, 0.25) is 0 Å². The Morgan fingerprint density at radius 1 is 1.73 bits per heavy atom. The molecule has 2 aliphatic rings. The van der Waals surface area contributed by atoms with Gasteiger partial charge in [-0.2, -0.15) is 0 Å². The smallest absolute Gasteiger partial charge is 0.326 e. The lowest BCUT2D eigenvalue weighted by atomic mass is 10.2. The molecule has 0 radical (unpaired) electrons. The Bertz CT molecular complexity index is 255. The van der Waals surface area contributed by atoms with Crippen LogP contribution >= 0.6 is 0 Å². The molecule has 11 heavy (non-hydrogen) atoms. The summed E-state index contributed by atoms with van der Waals surface area (Å²) in [6.45, 7) is 0.753. The zero-order valence-corrected chi connectivity index (χ0v) is 6.03. The molecule has 0 aromatic carbocycles. The minimum Gasteiger partial charge on any atom is -0.480 e. The third-order valence-corrected chi connectivity index (χ3v) is 2.13. The highest BCUT2D eigenvalue weighted by molar-refractivity contribution is 5.75. The van der Waals surface area contributed by atoms with Crippen molar-refractivity contribution in [2.75, 3.05) is 6.54 Å². The second kappa shape index (κ2) is 2.12. The second-order valence-corrected chi connectivity index (χ2v) is 2.77. The summed E-state index contributed by atoms with van der Waals surface area (Å²) >= 11 is 0. The van der Waals surface area contributed by atoms with E-state index in [9.17, 15) is 4.79 Å². The summed E-state index contributed by atoms with van der Waals surface area (Å²) in [7, 11) is 0. The van der Waals surface area contributed by atoms with Crippen molar-refractivity contribution in [3.05, 3.63) is 23.9 Å². The second-order valence-electron chi connectivity index (χ2n) is 2.77. The van der Waals surface area contributed by atoms with Gasteiger partial charge in [-0.1, -0.05) is 12.2 Å². The van der Waals surface area contributed by atoms with Gasteiger partial charge in [-0.05, 0) is 12.5 Å². The van der Waals surface area contributed by atoms with E-state index in [0.717, 1.165) is 12.2 Å². The molecule has 0 aliphatic carbocycles. The van der Waals surface area contributed by atoms with Crippen LogP contribution in [-0.4, -0.2) is 28.6 Å². The van der Waals surface area contributed by atoms with E-state index < -0.39 is 5.97 Å². The highest BCUT2D eigenvalue weighted by Gasteiger charge is 2.31. The Morgan fingerprint density at radius 3 is 3.27 bits per heavy atom. The molecule has 0 aromatic heterocycles. The number of fused-ring (bicyclic) bond motifs is 1. The number of hydrogen-bond donors (Lipinski definition) is 1. The van der Waals surface area contributed by atoms with E-state index in [0.29, 0.717) is 6.42 Å². The Kier molecular flexibility index (Phi) is 1.24. The van der Waals surface area contributed by atoms with E-state index in [1.54, 1.807) is 0 Å². The fraction of sp³-hybridized carbons (Fsp3) is 0.375. The molecule has 0 spiro atoms. The van der Waals surface area contributed by atoms with Gasteiger partial charge in [0.2, 0.25) is 0 Å². The average molecular weight is 151 g/mol. The molecule has 58 valence electrons. The summed E-state index contributed by atoms with van der Waals surface area (Å²) in [6.07, 6.45) is 6.58. The third-order valence-electron chi connectivity index (χ3n) is 2.13. The molecular formula is C8H9NO2. The largest absolute Gasteiger partial charge is 0.480 e. The molecule has 0 saturated heterocycles. The minimum atomic E-state index is -0.722. The lowest BCUT2D eigenvalue weighted by Crippen LogP contribution is -2.34. The van der Waals surface area contributed by atoms with Crippen molar-refractivity contribution in [1.82, 2.24) is 4.90 Å². The van der Waals surface area contributed by atoms with E-state index in [2.05, 4.69) is 0 Å². The number of hydrogen-bond acceptors (Lipinski definition) is 2. The van der Waals surface area contributed by atoms with Gasteiger partial charge in [0.05, 0.1) is 0 Å². The molecule has 0 saturated carbocycles. The Hall–Kier alpha value is -1.25. The zero-order valence-electron chi connectivity index (χ0n) is 6.03. The van der Waals surface area contributed by atoms with E-state index in [-0.39, 0.29) is 6.04 Å². The summed E-state index contributed by atoms with van der Waals surface area (Å²) in [4.78, 5) is 12.5. The Labute approximate surface area is 64.6 Å². The highest BCUT2D eigenvalue weighted by atomic mass is 16.4. The molecule has 1 unspecified atom stereocenters. The fourth-order valence-corrected chi connectivity index (χ4v) is 1.57. The quantitative estimate of drug-likeness (QED) is 0.596. The molecule has 1 atom stereocenters. The summed E-state index contributed by atoms with van der Waals surface area (Å²) in [5.41, 5.74) is 1.07. The van der Waals surface area contributed by atoms with Crippen LogP contribution in [0.5, 0.6) is 0 Å². The molecular weight excluding hydrogens is 142 g/mol. The van der Waals surface area contributed by atoms with Gasteiger partial charge in [-0.3, -0.25) is 0 Å². The number of aliphatic carboxylic acids is 1. The van der Waals surface area contributed by atoms with E-state index in [1.807, 2.05) is 23.1 Å². The zero-order chi connectivity index (χ0) is 7.84. The Morgan fingerprint density at radius 2 is 2.55 bits per heavy atom. The topological polar surface area (TPSA) is 40.5 Å². The molecule has 2 rings (SSSR count). The normalized spacial score (nSPS) is 27.1. The number of carbonyl (C=O) groups is 1. The minimum absolute atomic E-state index is 0.319. The molecule has 3 heteroatoms. The first-order chi connectivity index (χ1) is 5.29. The number of carboxylic acid groups (broad SMARTS) is 1. The Balaban J connectivity index is 2.19. The van der Waals surface area contributed by atoms with Crippen molar-refractivity contribution >= 4 is 5.97 Å². The SMILES string of the molecule is O=C(O)C1CC=C2C=CCN21. The first-order valence-electron chi connectivity index (χ1n) is 3.65. The molecule has 0 aromatic rings. The van der Waals surface area contributed by atoms with Crippen LogP contribution in [0.25, 0.3) is 0 Å². The molecule has 0 amide bonds. The predicted molar refractivity (Wildman–Crippen MR) is 40.0 cm³/mol. The van der Waals surface area contributed by atoms with Crippen molar-refractivity contribution in [2.45, 2.75) is 12.5 Å². The maximum absolute atomic E-state index is 10.6. The first-order valence-corrected chi connectivity index (χ1v) is 3.65. The third kappa shape index (κ3) is 0.843. The number of nitrogens with zero attached hydrogens (tertiary/aromatic N) is 1. The van der Waals surface area contributed by atoms with Crippen molar-refractivity contribution in [2.24, 2.45) is 0 Å². The number of carboxylic acids is 1. The molecule has 2 aliphatic heterocycles. The predicted octanol–water partition coefficient (Wildman–Crippen LogP) is 0.599. The van der Waals surface area contributed by atoms with Crippen LogP contribution in [-0.2, 0) is 4.79 Å². The first kappa shape index (κ1) is 6.46. The van der Waals surface area contributed by atoms with E-state index in [4.69, 9.17) is 5.11 Å². The van der Waals surface area contributed by atoms with Gasteiger partial charge in [0, 0.05) is 12.2 Å². The number of allylic oxidation sites excluding steroid dienone is 1. The summed E-state index contributed by atoms with van der Waals surface area (Å²) in [5, 5.41) is 8.76. The lowest BCUT2D eigenvalue weighted by molar-refractivity contribution is -0.141. The fourth-order valence-electron chi connectivity index (χ4n) is 1.57. The van der Waals surface area contributed by atoms with Gasteiger partial charge < -0.3 is 10.0 Å². The van der Waals surface area contributed by atoms with Gasteiger partial charge >= 0.3 is 5.97 Å². The molecule has 1 N–H and O–H groups in total. The van der Waals surface area contributed by atoms with Crippen LogP contribution < -0.4 is 0 Å². The van der Waals surface area contributed by atoms with Crippen molar-refractivity contribution in [3.8, 4) is 0 Å². The van der Waals surface area contributed by atoms with Crippen LogP contribution in [0, 0.1) is 0 Å². The molecule has 0 bridgehead atoms. The van der Waals surface area contributed by atoms with Gasteiger partial charge in [0.15, 0.2) is 0 Å². The maximum Gasteiger partial charge on any atom is 0.326 e. The van der Waals surface area contributed by atoms with Crippen LogP contribution in [0.1, 0.15) is 6.42 Å². The average Bonchev–Trinajstić information content (AvgIpc) is 2.41. The van der Waals surface area contributed by atoms with Crippen LogP contribution in [0.4, 0.5) is 0 Å². The summed E-state index contributed by atoms with van der Waals surface area (Å²) < 4.78 is 0. The van der Waals surface area contributed by atoms with Gasteiger partial charge in [-0.25, -0.2) is 4.79 Å². The monoisotopic (exact) mass is 151 g/mol. The van der Waals surface area contributed by atoms with Crippen LogP contribution in [0.3, 0.4) is 0 Å².